The Hall–Kier alpha value is -12.1. The largest absolute Gasteiger partial charge is 0.489 e. The van der Waals surface area contributed by atoms with Gasteiger partial charge in [0, 0.05) is 44.3 Å². The third-order valence-corrected chi connectivity index (χ3v) is 17.5. The van der Waals surface area contributed by atoms with Crippen molar-refractivity contribution in [2.24, 2.45) is 0 Å². The van der Waals surface area contributed by atoms with Crippen molar-refractivity contribution in [3.05, 3.63) is 284 Å². The first-order valence-corrected chi connectivity index (χ1v) is 32.7. The van der Waals surface area contributed by atoms with Gasteiger partial charge in [0.2, 0.25) is 0 Å². The van der Waals surface area contributed by atoms with E-state index in [-0.39, 0.29) is 70.0 Å². The minimum atomic E-state index is -5.17. The summed E-state index contributed by atoms with van der Waals surface area (Å²) in [5, 5.41) is 0. The maximum absolute atomic E-state index is 13.9. The van der Waals surface area contributed by atoms with Gasteiger partial charge in [-0.25, -0.2) is 9.97 Å². The lowest BCUT2D eigenvalue weighted by molar-refractivity contribution is -0.144. The van der Waals surface area contributed by atoms with Crippen LogP contribution in [0.5, 0.6) is 23.0 Å². The fourth-order valence-electron chi connectivity index (χ4n) is 12.4. The molecule has 0 spiro atoms. The molecule has 0 aliphatic carbocycles. The summed E-state index contributed by atoms with van der Waals surface area (Å²) in [5.41, 5.74) is -9.88. The zero-order valence-corrected chi connectivity index (χ0v) is 56.2. The molecule has 32 heteroatoms. The van der Waals surface area contributed by atoms with Gasteiger partial charge in [0.05, 0.1) is 67.3 Å². The van der Waals surface area contributed by atoms with Crippen LogP contribution in [0.2, 0.25) is 0 Å². The Morgan fingerprint density at radius 1 is 0.214 bits per heavy atom. The molecule has 8 aromatic carbocycles. The Balaban J connectivity index is 0.968. The van der Waals surface area contributed by atoms with Crippen LogP contribution in [-0.4, -0.2) is 19.9 Å². The van der Waals surface area contributed by atoms with Crippen LogP contribution in [0.15, 0.2) is 194 Å². The highest BCUT2D eigenvalue weighted by Gasteiger charge is 2.41. The first-order valence-electron chi connectivity index (χ1n) is 32.7. The van der Waals surface area contributed by atoms with Gasteiger partial charge >= 0.3 is 49.4 Å². The Kier molecular flexibility index (Phi) is 20.4. The summed E-state index contributed by atoms with van der Waals surface area (Å²) in [5.74, 6) is -0.108. The molecule has 0 fully saturated rings. The summed E-state index contributed by atoms with van der Waals surface area (Å²) in [4.78, 5) is 17.1. The molecule has 13 rings (SSSR count). The second kappa shape index (κ2) is 29.3. The molecule has 5 heterocycles. The molecule has 8 bridgehead atoms. The molecule has 2 aliphatic heterocycles. The third kappa shape index (κ3) is 17.7. The Bertz CT molecular complexity index is 4820. The van der Waals surface area contributed by atoms with Gasteiger partial charge < -0.3 is 28.9 Å². The summed E-state index contributed by atoms with van der Waals surface area (Å²) in [7, 11) is 0. The number of ether oxygens (including phenoxy) is 4. The summed E-state index contributed by atoms with van der Waals surface area (Å²) in [6.45, 7) is -3.06. The Morgan fingerprint density at radius 2 is 0.375 bits per heavy atom. The van der Waals surface area contributed by atoms with E-state index >= 15 is 0 Å². The second-order valence-electron chi connectivity index (χ2n) is 25.4. The lowest BCUT2D eigenvalue weighted by atomic mass is 10.0. The number of benzene rings is 8. The molecule has 0 unspecified atom stereocenters. The van der Waals surface area contributed by atoms with E-state index < -0.39 is 143 Å². The fraction of sp³-hybridized carbons (Fsp3) is 0.150. The second-order valence-corrected chi connectivity index (χ2v) is 25.4. The first kappa shape index (κ1) is 78.0. The molecular weight excluding hydrogens is 1540 g/mol. The lowest BCUT2D eigenvalue weighted by Gasteiger charge is -2.15. The van der Waals surface area contributed by atoms with E-state index in [0.29, 0.717) is 115 Å². The van der Waals surface area contributed by atoms with Crippen LogP contribution < -0.4 is 18.9 Å². The highest BCUT2D eigenvalue weighted by molar-refractivity contribution is 6.00. The number of fused-ring (bicyclic) bond motifs is 8. The molecule has 578 valence electrons. The lowest BCUT2D eigenvalue weighted by Crippen LogP contribution is -2.12. The van der Waals surface area contributed by atoms with E-state index in [0.717, 1.165) is 0 Å². The van der Waals surface area contributed by atoms with Gasteiger partial charge in [-0.3, -0.25) is 0 Å². The van der Waals surface area contributed by atoms with E-state index in [2.05, 4.69) is 9.97 Å². The zero-order valence-electron chi connectivity index (χ0n) is 56.2. The smallest absolute Gasteiger partial charge is 0.416 e. The van der Waals surface area contributed by atoms with Gasteiger partial charge in [-0.15, -0.1) is 0 Å². The molecule has 0 amide bonds. The van der Waals surface area contributed by atoms with Crippen LogP contribution in [0.25, 0.3) is 90.9 Å². The highest BCUT2D eigenvalue weighted by atomic mass is 19.4. The minimum Gasteiger partial charge on any atom is -0.489 e. The van der Waals surface area contributed by atoms with Crippen molar-refractivity contribution in [2.45, 2.75) is 75.8 Å². The van der Waals surface area contributed by atoms with Gasteiger partial charge in [-0.1, -0.05) is 48.5 Å². The standard InChI is InChI=1S/C80H46F24N4O4/c81-73(82,83)49-25-41(26-50(33-49)74(84,85)86)37-109-57-9-1-45(2-10-57)69-61-17-19-63(105-61)70(46-3-11-58(12-4-46)110-38-42-27-51(75(87,88)89)34-52(28-42)76(90,91)92)65-21-23-67(107-65)72(48-7-15-60(16-8-48)112-40-44-31-55(79(99,100)101)36-56(32-44)80(102,103)104)68-24-22-66(108-68)71(64-20-18-62(69)106-64)47-5-13-59(14-6-47)111-39-43-29-53(77(93,94)95)35-54(30-43)78(96,97)98/h1-36,105,108H,37-40H2. The molecule has 2 aliphatic rings. The number of H-pyrrole nitrogens is 2. The quantitative estimate of drug-likeness (QED) is 0.0936. The number of halogens is 24. The number of alkyl halides is 24. The van der Waals surface area contributed by atoms with Crippen molar-refractivity contribution in [3.8, 4) is 67.5 Å². The number of hydrogen-bond donors (Lipinski definition) is 2. The number of rotatable bonds is 16. The summed E-state index contributed by atoms with van der Waals surface area (Å²) < 4.78 is 356. The predicted octanol–water partition coefficient (Wildman–Crippen LogP) is 25.8. The van der Waals surface area contributed by atoms with Crippen LogP contribution in [0, 0.1) is 0 Å². The average molecular weight is 1580 g/mol. The van der Waals surface area contributed by atoms with E-state index in [4.69, 9.17) is 28.9 Å². The molecule has 2 N–H and O–H groups in total. The summed E-state index contributed by atoms with van der Waals surface area (Å²) in [6.07, 6.45) is -34.9. The van der Waals surface area contributed by atoms with Crippen molar-refractivity contribution in [2.75, 3.05) is 0 Å². The molecule has 11 aromatic rings. The zero-order chi connectivity index (χ0) is 80.4. The van der Waals surface area contributed by atoms with Crippen molar-refractivity contribution >= 4 is 46.4 Å². The van der Waals surface area contributed by atoms with Gasteiger partial charge in [0.1, 0.15) is 49.4 Å². The fourth-order valence-corrected chi connectivity index (χ4v) is 12.4. The predicted molar refractivity (Wildman–Crippen MR) is 364 cm³/mol. The van der Waals surface area contributed by atoms with Crippen LogP contribution in [-0.2, 0) is 75.8 Å². The average Bonchev–Trinajstić information content (AvgIpc) is 1.62. The number of aromatic nitrogens is 4. The normalized spacial score (nSPS) is 13.1. The van der Waals surface area contributed by atoms with Crippen LogP contribution in [0.1, 0.15) is 89.5 Å². The van der Waals surface area contributed by atoms with E-state index in [1.54, 1.807) is 48.6 Å². The SMILES string of the molecule is FC(F)(F)c1cc(COc2ccc(-c3c4nc(c(-c5ccc(OCc6cc(C(F)(F)F)cc(C(F)(F)F)c6)cc5)c5ccc([nH]5)c(-c5ccc(OCc6cc(C(F)(F)F)cc(C(F)(F)F)c6)cc5)c5nc(c(-c6ccc(OCc7cc(C(F)(F)F)cc(C(F)(F)F)c7)cc6)c6ccc3[nH]6)C=C5)C=C4)cc2)cc(C(F)(F)F)c1. The summed E-state index contributed by atoms with van der Waals surface area (Å²) in [6, 6.07) is 33.5. The van der Waals surface area contributed by atoms with E-state index in [9.17, 15) is 105 Å². The van der Waals surface area contributed by atoms with Crippen molar-refractivity contribution in [3.63, 3.8) is 0 Å². The first-order chi connectivity index (χ1) is 52.4. The number of nitrogens with zero attached hydrogens (tertiary/aromatic N) is 2. The Morgan fingerprint density at radius 3 is 0.527 bits per heavy atom. The molecule has 8 nitrogen and oxygen atoms in total. The van der Waals surface area contributed by atoms with Gasteiger partial charge in [-0.05, 0) is 214 Å². The maximum Gasteiger partial charge on any atom is 0.416 e. The molecule has 0 radical (unpaired) electrons. The molecule has 112 heavy (non-hydrogen) atoms. The minimum absolute atomic E-state index is 0.0270. The summed E-state index contributed by atoms with van der Waals surface area (Å²) >= 11 is 0. The number of hydrogen-bond acceptors (Lipinski definition) is 6. The number of nitrogens with one attached hydrogen (secondary N) is 2. The van der Waals surface area contributed by atoms with Crippen LogP contribution in [0.3, 0.4) is 0 Å². The van der Waals surface area contributed by atoms with Crippen LogP contribution in [0.4, 0.5) is 105 Å². The topological polar surface area (TPSA) is 94.3 Å². The molecular formula is C80H46F24N4O4. The third-order valence-electron chi connectivity index (χ3n) is 17.5. The number of aromatic amines is 2. The molecule has 0 saturated heterocycles. The molecule has 0 atom stereocenters. The van der Waals surface area contributed by atoms with Crippen LogP contribution >= 0.6 is 0 Å². The molecule has 3 aromatic heterocycles. The van der Waals surface area contributed by atoms with Crippen molar-refractivity contribution in [1.29, 1.82) is 0 Å². The van der Waals surface area contributed by atoms with E-state index in [1.165, 1.54) is 97.1 Å². The molecule has 0 saturated carbocycles. The van der Waals surface area contributed by atoms with E-state index in [1.807, 2.05) is 0 Å². The maximum atomic E-state index is 13.9. The van der Waals surface area contributed by atoms with Gasteiger partial charge in [-0.2, -0.15) is 105 Å². The highest BCUT2D eigenvalue weighted by Crippen LogP contribution is 2.45. The Labute approximate surface area is 615 Å². The van der Waals surface area contributed by atoms with Gasteiger partial charge in [0.25, 0.3) is 0 Å². The van der Waals surface area contributed by atoms with Crippen molar-refractivity contribution in [1.82, 2.24) is 19.9 Å². The van der Waals surface area contributed by atoms with Crippen molar-refractivity contribution < 1.29 is 124 Å². The monoisotopic (exact) mass is 1580 g/mol. The van der Waals surface area contributed by atoms with Gasteiger partial charge in [0.15, 0.2) is 0 Å².